The molecule has 1 saturated carbocycles. The molecule has 0 N–H and O–H groups in total. The van der Waals surface area contributed by atoms with Gasteiger partial charge < -0.3 is 9.64 Å². The molecule has 4 rings (SSSR count). The molecule has 0 bridgehead atoms. The van der Waals surface area contributed by atoms with Crippen LogP contribution in [0.5, 0.6) is 0 Å². The normalized spacial score (nSPS) is 32.4. The number of hydrogen-bond acceptors (Lipinski definition) is 4. The van der Waals surface area contributed by atoms with Crippen molar-refractivity contribution in [3.8, 4) is 24.2 Å². The fourth-order valence-electron chi connectivity index (χ4n) is 6.08. The summed E-state index contributed by atoms with van der Waals surface area (Å²) in [6.45, 7) is 7.36. The number of fused-ring (bicyclic) bond motifs is 1. The first-order valence-corrected chi connectivity index (χ1v) is 11.5. The number of nitroso groups, excluding NO2 is 1. The number of nitrogens with zero attached hydrogens (tertiary/aromatic N) is 2. The van der Waals surface area contributed by atoms with Crippen LogP contribution < -0.4 is 0 Å². The molecule has 2 unspecified atom stereocenters. The van der Waals surface area contributed by atoms with Gasteiger partial charge in [-0.25, -0.2) is 0 Å². The topological polar surface area (TPSA) is 41.9 Å². The SMILES string of the molecule is C#CC(C)(CN1CC2C[C@@H](C)C[C@]2(/C2=C/C=C(/OC)CC#CC2)C1)c1ccc(N=O)cc1. The fraction of sp³-hybridized carbons (Fsp3) is 0.500. The molecule has 32 heavy (non-hydrogen) atoms. The Morgan fingerprint density at radius 2 is 2.03 bits per heavy atom. The summed E-state index contributed by atoms with van der Waals surface area (Å²) in [6, 6.07) is 7.37. The van der Waals surface area contributed by atoms with Gasteiger partial charge in [-0.2, -0.15) is 0 Å². The second-order valence-electron chi connectivity index (χ2n) is 9.92. The number of hydrogen-bond donors (Lipinski definition) is 0. The van der Waals surface area contributed by atoms with Crippen LogP contribution in [0.4, 0.5) is 5.69 Å². The number of rotatable bonds is 6. The molecule has 4 nitrogen and oxygen atoms in total. The van der Waals surface area contributed by atoms with Gasteiger partial charge in [0, 0.05) is 31.5 Å². The molecule has 3 aliphatic rings. The molecule has 2 fully saturated rings. The van der Waals surface area contributed by atoms with Crippen LogP contribution in [-0.4, -0.2) is 31.6 Å². The lowest BCUT2D eigenvalue weighted by Gasteiger charge is -2.34. The van der Waals surface area contributed by atoms with Gasteiger partial charge in [0.05, 0.1) is 18.9 Å². The van der Waals surface area contributed by atoms with Crippen molar-refractivity contribution < 1.29 is 4.74 Å². The Labute approximate surface area is 192 Å². The minimum absolute atomic E-state index is 0.154. The summed E-state index contributed by atoms with van der Waals surface area (Å²) >= 11 is 0. The summed E-state index contributed by atoms with van der Waals surface area (Å²) in [6.07, 6.45) is 14.4. The zero-order valence-electron chi connectivity index (χ0n) is 19.4. The van der Waals surface area contributed by atoms with Gasteiger partial charge in [-0.15, -0.1) is 11.3 Å². The third-order valence-electron chi connectivity index (χ3n) is 7.67. The standard InChI is InChI=1S/C28H32N2O2/c1-5-27(3,22-10-13-25(29-31)14-11-22)19-30-18-24-16-21(2)17-28(24,20-30)23-8-6-7-9-26(32-4)15-12-23/h1,10-15,21,24H,8-9,16-20H2,2-4H3/b23-12+,26-15+/t21-,24?,27?,28-/m1/s1. The molecule has 1 saturated heterocycles. The van der Waals surface area contributed by atoms with Crippen molar-refractivity contribution >= 4 is 5.69 Å². The molecule has 0 amide bonds. The van der Waals surface area contributed by atoms with Crippen LogP contribution in [0.1, 0.15) is 45.1 Å². The molecule has 166 valence electrons. The molecule has 4 heteroatoms. The van der Waals surface area contributed by atoms with Crippen LogP contribution in [0, 0.1) is 46.3 Å². The summed E-state index contributed by atoms with van der Waals surface area (Å²) in [4.78, 5) is 13.4. The van der Waals surface area contributed by atoms with Crippen molar-refractivity contribution in [1.29, 1.82) is 0 Å². The van der Waals surface area contributed by atoms with Gasteiger partial charge in [0.2, 0.25) is 0 Å². The lowest BCUT2D eigenvalue weighted by molar-refractivity contribution is 0.243. The highest BCUT2D eigenvalue weighted by molar-refractivity contribution is 5.44. The third-order valence-corrected chi connectivity index (χ3v) is 7.67. The van der Waals surface area contributed by atoms with Crippen molar-refractivity contribution in [3.05, 3.63) is 58.2 Å². The summed E-state index contributed by atoms with van der Waals surface area (Å²) < 4.78 is 5.49. The minimum atomic E-state index is -0.425. The van der Waals surface area contributed by atoms with E-state index in [0.717, 1.165) is 43.3 Å². The summed E-state index contributed by atoms with van der Waals surface area (Å²) in [5.41, 5.74) is 2.65. The van der Waals surface area contributed by atoms with E-state index in [1.54, 1.807) is 19.2 Å². The zero-order chi connectivity index (χ0) is 22.8. The maximum atomic E-state index is 10.8. The van der Waals surface area contributed by atoms with E-state index in [-0.39, 0.29) is 5.41 Å². The van der Waals surface area contributed by atoms with Gasteiger partial charge in [0.1, 0.15) is 11.4 Å². The largest absolute Gasteiger partial charge is 0.500 e. The molecule has 0 spiro atoms. The van der Waals surface area contributed by atoms with Crippen LogP contribution in [0.3, 0.4) is 0 Å². The summed E-state index contributed by atoms with van der Waals surface area (Å²) in [5, 5.41) is 3.01. The lowest BCUT2D eigenvalue weighted by atomic mass is 9.72. The first-order valence-electron chi connectivity index (χ1n) is 11.5. The number of terminal acetylenes is 1. The Kier molecular flexibility index (Phi) is 6.27. The highest BCUT2D eigenvalue weighted by Gasteiger charge is 2.53. The van der Waals surface area contributed by atoms with Crippen LogP contribution in [0.25, 0.3) is 0 Å². The molecule has 1 aromatic rings. The van der Waals surface area contributed by atoms with Crippen LogP contribution >= 0.6 is 0 Å². The fourth-order valence-corrected chi connectivity index (χ4v) is 6.08. The number of likely N-dealkylation sites (tertiary alicyclic amines) is 1. The van der Waals surface area contributed by atoms with Crippen LogP contribution in [-0.2, 0) is 10.2 Å². The first kappa shape index (κ1) is 22.4. The van der Waals surface area contributed by atoms with Gasteiger partial charge in [0.15, 0.2) is 0 Å². The smallest absolute Gasteiger partial charge is 0.108 e. The highest BCUT2D eigenvalue weighted by atomic mass is 16.5. The van der Waals surface area contributed by atoms with E-state index in [9.17, 15) is 4.91 Å². The Bertz CT molecular complexity index is 1040. The predicted molar refractivity (Wildman–Crippen MR) is 129 cm³/mol. The molecule has 1 heterocycles. The van der Waals surface area contributed by atoms with Gasteiger partial charge in [-0.3, -0.25) is 0 Å². The molecule has 2 aliphatic carbocycles. The Morgan fingerprint density at radius 1 is 1.28 bits per heavy atom. The Morgan fingerprint density at radius 3 is 2.72 bits per heavy atom. The molecule has 1 aliphatic heterocycles. The summed E-state index contributed by atoms with van der Waals surface area (Å²) in [7, 11) is 1.72. The van der Waals surface area contributed by atoms with Crippen molar-refractivity contribution in [1.82, 2.24) is 4.90 Å². The van der Waals surface area contributed by atoms with Gasteiger partial charge in [-0.1, -0.05) is 48.5 Å². The maximum absolute atomic E-state index is 10.8. The molecule has 0 radical (unpaired) electrons. The second-order valence-corrected chi connectivity index (χ2v) is 9.92. The maximum Gasteiger partial charge on any atom is 0.108 e. The monoisotopic (exact) mass is 428 g/mol. The summed E-state index contributed by atoms with van der Waals surface area (Å²) in [5.74, 6) is 12.0. The van der Waals surface area contributed by atoms with Crippen molar-refractivity contribution in [3.63, 3.8) is 0 Å². The van der Waals surface area contributed by atoms with E-state index in [1.165, 1.54) is 18.4 Å². The van der Waals surface area contributed by atoms with Crippen molar-refractivity contribution in [2.45, 2.75) is 44.9 Å². The van der Waals surface area contributed by atoms with E-state index in [2.05, 4.69) is 53.8 Å². The van der Waals surface area contributed by atoms with E-state index >= 15 is 0 Å². The number of methoxy groups -OCH3 is 1. The first-order chi connectivity index (χ1) is 15.4. The Hall–Kier alpha value is -2.82. The minimum Gasteiger partial charge on any atom is -0.500 e. The number of ether oxygens (including phenoxy) is 1. The number of benzene rings is 1. The molecule has 4 atom stereocenters. The average molecular weight is 429 g/mol. The van der Waals surface area contributed by atoms with E-state index in [4.69, 9.17) is 11.2 Å². The molecule has 0 aromatic heterocycles. The number of allylic oxidation sites excluding steroid dienone is 3. The third kappa shape index (κ3) is 4.13. The lowest BCUT2D eigenvalue weighted by Crippen LogP contribution is -2.38. The van der Waals surface area contributed by atoms with Crippen molar-refractivity contribution in [2.24, 2.45) is 22.4 Å². The van der Waals surface area contributed by atoms with E-state index in [0.29, 0.717) is 18.0 Å². The van der Waals surface area contributed by atoms with Crippen LogP contribution in [0.2, 0.25) is 0 Å². The molecular weight excluding hydrogens is 396 g/mol. The molecule has 1 aromatic carbocycles. The predicted octanol–water partition coefficient (Wildman–Crippen LogP) is 5.58. The van der Waals surface area contributed by atoms with Gasteiger partial charge in [0.25, 0.3) is 0 Å². The second kappa shape index (κ2) is 8.97. The Balaban J connectivity index is 1.60. The van der Waals surface area contributed by atoms with Crippen LogP contribution in [0.15, 0.2) is 52.9 Å². The van der Waals surface area contributed by atoms with Crippen molar-refractivity contribution in [2.75, 3.05) is 26.7 Å². The van der Waals surface area contributed by atoms with E-state index < -0.39 is 5.41 Å². The van der Waals surface area contributed by atoms with E-state index in [1.807, 2.05) is 12.1 Å². The van der Waals surface area contributed by atoms with Gasteiger partial charge >= 0.3 is 0 Å². The van der Waals surface area contributed by atoms with Gasteiger partial charge in [-0.05, 0) is 60.6 Å². The average Bonchev–Trinajstić information content (AvgIpc) is 3.26. The quantitative estimate of drug-likeness (QED) is 0.439. The highest BCUT2D eigenvalue weighted by Crippen LogP contribution is 2.56. The zero-order valence-corrected chi connectivity index (χ0v) is 19.4. The molecular formula is C28H32N2O2.